The predicted octanol–water partition coefficient (Wildman–Crippen LogP) is 10.2. The highest BCUT2D eigenvalue weighted by atomic mass is 79.9. The number of aliphatic carboxylic acids is 1. The minimum atomic E-state index is -1.25. The highest BCUT2D eigenvalue weighted by Gasteiger charge is 2.24. The van der Waals surface area contributed by atoms with Crippen LogP contribution < -0.4 is 4.74 Å². The molecule has 0 saturated heterocycles. The number of aromatic nitrogens is 6. The lowest BCUT2D eigenvalue weighted by atomic mass is 10.1. The molecular weight excluding hydrogens is 826 g/mol. The van der Waals surface area contributed by atoms with Gasteiger partial charge in [-0.25, -0.2) is 13.6 Å². The molecule has 2 aromatic heterocycles. The number of rotatable bonds is 8. The lowest BCUT2D eigenvalue weighted by Crippen LogP contribution is -2.19. The minimum absolute atomic E-state index is 0. The smallest absolute Gasteiger partial charge is 0.349 e. The van der Waals surface area contributed by atoms with Crippen LogP contribution in [-0.2, 0) is 14.3 Å². The molecule has 12 nitrogen and oxygen atoms in total. The molecule has 59 heavy (non-hydrogen) atoms. The molecule has 306 valence electrons. The Morgan fingerprint density at radius 3 is 1.47 bits per heavy atom. The maximum atomic E-state index is 13.9. The van der Waals surface area contributed by atoms with Gasteiger partial charge in [0.05, 0.1) is 7.11 Å². The summed E-state index contributed by atoms with van der Waals surface area (Å²) in [7, 11) is 1.37. The van der Waals surface area contributed by atoms with E-state index in [1.54, 1.807) is 54.6 Å². The Bertz CT molecular complexity index is 2520. The first-order chi connectivity index (χ1) is 27.1. The molecule has 0 aliphatic carbocycles. The van der Waals surface area contributed by atoms with Gasteiger partial charge in [0, 0.05) is 17.7 Å². The van der Waals surface area contributed by atoms with Gasteiger partial charge in [0.25, 0.3) is 0 Å². The van der Waals surface area contributed by atoms with Crippen molar-refractivity contribution in [3.63, 3.8) is 0 Å². The van der Waals surface area contributed by atoms with Crippen LogP contribution in [0.1, 0.15) is 44.3 Å². The lowest BCUT2D eigenvalue weighted by Gasteiger charge is -2.17. The Morgan fingerprint density at radius 1 is 0.610 bits per heavy atom. The van der Waals surface area contributed by atoms with Gasteiger partial charge in [-0.2, -0.15) is 0 Å². The normalized spacial score (nSPS) is 11.1. The van der Waals surface area contributed by atoms with Crippen molar-refractivity contribution in [1.29, 1.82) is 0 Å². The molecule has 2 N–H and O–H groups in total. The van der Waals surface area contributed by atoms with Crippen molar-refractivity contribution in [2.45, 2.75) is 33.2 Å². The molecule has 6 aromatic carbocycles. The number of aromatic hydroxyl groups is 1. The quantitative estimate of drug-likeness (QED) is 0.111. The number of carboxylic acids is 1. The van der Waals surface area contributed by atoms with E-state index in [2.05, 4.69) is 41.1 Å². The van der Waals surface area contributed by atoms with Crippen molar-refractivity contribution in [2.24, 2.45) is 0 Å². The van der Waals surface area contributed by atoms with Crippen LogP contribution in [0.3, 0.4) is 0 Å². The van der Waals surface area contributed by atoms with Crippen LogP contribution in [0.2, 0.25) is 0 Å². The van der Waals surface area contributed by atoms with Gasteiger partial charge in [-0.15, -0.1) is 30.0 Å². The number of halogens is 3. The third-order valence-electron chi connectivity index (χ3n) is 7.93. The Morgan fingerprint density at radius 2 is 1.02 bits per heavy atom. The number of phenols is 1. The standard InChI is InChI=1S/C20H14FN3O3.C12H8FN3O.C9H9BrO2.3CH4/c21-14-10-11-18(27-19(20(25)26)13-6-2-1-3-7-13)17(12-14)24-22-15-8-4-5-9-16(15)23-24;13-8-5-6-12(17)11(7-8)16-14-9-3-1-2-4-10(9)15-16;1-12-9(11)8(10)7-5-3-2-4-6-7;;;/h1-12,19H,(H,25,26);1-7,17H;2-6,8H,1H3;3*1H4. The molecule has 2 unspecified atom stereocenters. The number of fused-ring (bicyclic) bond motifs is 2. The van der Waals surface area contributed by atoms with Gasteiger partial charge < -0.3 is 19.7 Å². The average molecular weight is 870 g/mol. The molecule has 0 spiro atoms. The van der Waals surface area contributed by atoms with E-state index in [1.165, 1.54) is 53.1 Å². The molecule has 0 saturated carbocycles. The van der Waals surface area contributed by atoms with E-state index >= 15 is 0 Å². The van der Waals surface area contributed by atoms with Crippen molar-refractivity contribution in [1.82, 2.24) is 30.0 Å². The number of carboxylic acid groups (broad SMARTS) is 1. The number of hydrogen-bond acceptors (Lipinski definition) is 9. The summed E-state index contributed by atoms with van der Waals surface area (Å²) in [6, 6.07) is 39.9. The van der Waals surface area contributed by atoms with Gasteiger partial charge in [-0.05, 0) is 54.1 Å². The molecule has 0 aliphatic rings. The van der Waals surface area contributed by atoms with Gasteiger partial charge in [0.1, 0.15) is 61.4 Å². The predicted molar refractivity (Wildman–Crippen MR) is 227 cm³/mol. The van der Waals surface area contributed by atoms with Crippen LogP contribution in [0.4, 0.5) is 8.78 Å². The molecule has 0 bridgehead atoms. The summed E-state index contributed by atoms with van der Waals surface area (Å²) in [4.78, 5) is 24.9. The van der Waals surface area contributed by atoms with E-state index in [0.29, 0.717) is 27.6 Å². The first-order valence-electron chi connectivity index (χ1n) is 16.8. The summed E-state index contributed by atoms with van der Waals surface area (Å²) in [5.74, 6) is -2.29. The fourth-order valence-corrected chi connectivity index (χ4v) is 5.71. The van der Waals surface area contributed by atoms with Crippen molar-refractivity contribution in [3.8, 4) is 22.9 Å². The van der Waals surface area contributed by atoms with Crippen LogP contribution in [0.25, 0.3) is 33.4 Å². The maximum Gasteiger partial charge on any atom is 0.349 e. The monoisotopic (exact) mass is 868 g/mol. The SMILES string of the molecule is C.C.C.COC(=O)C(Br)c1ccccc1.O=C(O)C(Oc1ccc(F)cc1-n1nc2ccccc2n1)c1ccccc1.Oc1ccc(F)cc1-n1nc2ccccc2n1. The average Bonchev–Trinajstić information content (AvgIpc) is 3.87. The molecule has 8 rings (SSSR count). The van der Waals surface area contributed by atoms with E-state index in [4.69, 9.17) is 4.74 Å². The Balaban J connectivity index is 0.000000251. The Hall–Kier alpha value is -7.00. The zero-order valence-corrected chi connectivity index (χ0v) is 30.9. The van der Waals surface area contributed by atoms with Crippen molar-refractivity contribution >= 4 is 49.9 Å². The minimum Gasteiger partial charge on any atom is -0.506 e. The van der Waals surface area contributed by atoms with Gasteiger partial charge in [-0.1, -0.05) is 123 Å². The van der Waals surface area contributed by atoms with Crippen LogP contribution in [0, 0.1) is 11.6 Å². The number of phenolic OH excluding ortho intramolecular Hbond substituents is 1. The molecule has 0 aliphatic heterocycles. The Kier molecular flexibility index (Phi) is 16.9. The van der Waals surface area contributed by atoms with E-state index in [1.807, 2.05) is 54.6 Å². The van der Waals surface area contributed by atoms with Gasteiger partial charge in [0.15, 0.2) is 0 Å². The Labute approximate surface area is 348 Å². The number of benzene rings is 6. The zero-order chi connectivity index (χ0) is 39.6. The number of nitrogens with zero attached hydrogens (tertiary/aromatic N) is 6. The summed E-state index contributed by atoms with van der Waals surface area (Å²) in [6.45, 7) is 0. The van der Waals surface area contributed by atoms with E-state index in [9.17, 15) is 28.6 Å². The second kappa shape index (κ2) is 21.5. The topological polar surface area (TPSA) is 154 Å². The first-order valence-corrected chi connectivity index (χ1v) is 17.7. The van der Waals surface area contributed by atoms with E-state index < -0.39 is 23.7 Å². The molecule has 0 fully saturated rings. The number of carbonyl (C=O) groups is 2. The van der Waals surface area contributed by atoms with Crippen LogP contribution in [0.15, 0.2) is 146 Å². The van der Waals surface area contributed by atoms with Gasteiger partial charge in [0.2, 0.25) is 6.10 Å². The van der Waals surface area contributed by atoms with Crippen molar-refractivity contribution in [2.75, 3.05) is 7.11 Å². The number of esters is 1. The number of methoxy groups -OCH3 is 1. The molecule has 15 heteroatoms. The lowest BCUT2D eigenvalue weighted by molar-refractivity contribution is -0.145. The fourth-order valence-electron chi connectivity index (χ4n) is 5.22. The fraction of sp³-hybridized carbons (Fsp3) is 0.136. The zero-order valence-electron chi connectivity index (χ0n) is 29.4. The van der Waals surface area contributed by atoms with Crippen LogP contribution in [-0.4, -0.2) is 59.2 Å². The summed E-state index contributed by atoms with van der Waals surface area (Å²) in [5.41, 5.74) is 4.46. The van der Waals surface area contributed by atoms with E-state index in [0.717, 1.165) is 5.56 Å². The number of ether oxygens (including phenoxy) is 2. The maximum absolute atomic E-state index is 13.9. The largest absolute Gasteiger partial charge is 0.506 e. The van der Waals surface area contributed by atoms with Gasteiger partial charge in [-0.3, -0.25) is 4.79 Å². The molecule has 0 amide bonds. The van der Waals surface area contributed by atoms with Crippen LogP contribution in [0.5, 0.6) is 11.5 Å². The molecule has 8 aromatic rings. The number of hydrogen-bond donors (Lipinski definition) is 2. The third kappa shape index (κ3) is 11.5. The number of carbonyl (C=O) groups excluding carboxylic acids is 1. The summed E-state index contributed by atoms with van der Waals surface area (Å²) < 4.78 is 37.3. The van der Waals surface area contributed by atoms with Crippen molar-refractivity contribution in [3.05, 3.63) is 168 Å². The summed E-state index contributed by atoms with van der Waals surface area (Å²) in [6.07, 6.45) is -1.25. The molecule has 2 atom stereocenters. The third-order valence-corrected chi connectivity index (χ3v) is 8.84. The highest BCUT2D eigenvalue weighted by Crippen LogP contribution is 2.30. The van der Waals surface area contributed by atoms with Crippen molar-refractivity contribution < 1.29 is 38.1 Å². The second-order valence-corrected chi connectivity index (χ2v) is 12.7. The van der Waals surface area contributed by atoms with Crippen LogP contribution >= 0.6 is 15.9 Å². The second-order valence-electron chi connectivity index (χ2n) is 11.7. The molecule has 0 radical (unpaired) electrons. The van der Waals surface area contributed by atoms with Gasteiger partial charge >= 0.3 is 11.9 Å². The summed E-state index contributed by atoms with van der Waals surface area (Å²) >= 11 is 3.24. The molecular formula is C44H43BrF2N6O6. The first kappa shape index (κ1) is 46.4. The summed E-state index contributed by atoms with van der Waals surface area (Å²) in [5, 5.41) is 36.2. The van der Waals surface area contributed by atoms with E-state index in [-0.39, 0.29) is 56.0 Å². The highest BCUT2D eigenvalue weighted by molar-refractivity contribution is 9.09. The molecule has 2 heterocycles. The number of alkyl halides is 1.